The maximum absolute atomic E-state index is 13.3. The molecule has 0 aliphatic rings. The molecule has 3 nitrogen and oxygen atoms in total. The fourth-order valence-corrected chi connectivity index (χ4v) is 1.96. The molecule has 1 amide bonds. The summed E-state index contributed by atoms with van der Waals surface area (Å²) in [6.45, 7) is 0.821. The summed E-state index contributed by atoms with van der Waals surface area (Å²) in [6, 6.07) is 11.7. The molecule has 0 saturated carbocycles. The van der Waals surface area contributed by atoms with Crippen LogP contribution < -0.4 is 11.1 Å². The Bertz CT molecular complexity index is 614. The van der Waals surface area contributed by atoms with Crippen LogP contribution in [-0.4, -0.2) is 5.91 Å². The van der Waals surface area contributed by atoms with Crippen LogP contribution in [0.1, 0.15) is 21.5 Å². The molecular formula is C15H14ClFN2O. The predicted octanol–water partition coefficient (Wildman–Crippen LogP) is 2.87. The van der Waals surface area contributed by atoms with E-state index < -0.39 is 11.7 Å². The van der Waals surface area contributed by atoms with Crippen LogP contribution in [0.15, 0.2) is 42.5 Å². The van der Waals surface area contributed by atoms with Crippen LogP contribution in [0.25, 0.3) is 0 Å². The average Bonchev–Trinajstić information content (AvgIpc) is 2.48. The van der Waals surface area contributed by atoms with E-state index in [4.69, 9.17) is 17.3 Å². The number of rotatable bonds is 4. The van der Waals surface area contributed by atoms with Crippen molar-refractivity contribution in [3.8, 4) is 0 Å². The van der Waals surface area contributed by atoms with Crippen LogP contribution >= 0.6 is 11.6 Å². The lowest BCUT2D eigenvalue weighted by Crippen LogP contribution is -2.23. The van der Waals surface area contributed by atoms with E-state index in [9.17, 15) is 9.18 Å². The molecule has 3 N–H and O–H groups in total. The van der Waals surface area contributed by atoms with Gasteiger partial charge in [0, 0.05) is 13.1 Å². The summed E-state index contributed by atoms with van der Waals surface area (Å²) in [4.78, 5) is 11.9. The monoisotopic (exact) mass is 292 g/mol. The Hall–Kier alpha value is -1.91. The van der Waals surface area contributed by atoms with Gasteiger partial charge in [-0.2, -0.15) is 0 Å². The van der Waals surface area contributed by atoms with Crippen molar-refractivity contribution in [2.24, 2.45) is 5.73 Å². The molecular weight excluding hydrogens is 279 g/mol. The van der Waals surface area contributed by atoms with Gasteiger partial charge in [-0.3, -0.25) is 4.79 Å². The number of hydrogen-bond donors (Lipinski definition) is 2. The molecule has 20 heavy (non-hydrogen) atoms. The molecule has 0 heterocycles. The van der Waals surface area contributed by atoms with E-state index >= 15 is 0 Å². The van der Waals surface area contributed by atoms with Gasteiger partial charge in [-0.05, 0) is 23.3 Å². The number of halogens is 2. The van der Waals surface area contributed by atoms with E-state index in [0.717, 1.165) is 11.1 Å². The minimum atomic E-state index is -0.605. The highest BCUT2D eigenvalue weighted by atomic mass is 35.5. The number of benzene rings is 2. The third-order valence-corrected chi connectivity index (χ3v) is 3.29. The lowest BCUT2D eigenvalue weighted by molar-refractivity contribution is 0.0950. The second-order valence-electron chi connectivity index (χ2n) is 4.30. The van der Waals surface area contributed by atoms with Gasteiger partial charge in [-0.1, -0.05) is 41.9 Å². The molecule has 0 unspecified atom stereocenters. The van der Waals surface area contributed by atoms with Crippen LogP contribution in [0.3, 0.4) is 0 Å². The molecule has 2 aromatic carbocycles. The molecule has 0 atom stereocenters. The smallest absolute Gasteiger partial charge is 0.253 e. The summed E-state index contributed by atoms with van der Waals surface area (Å²) in [5.41, 5.74) is 7.59. The van der Waals surface area contributed by atoms with Crippen LogP contribution in [0.5, 0.6) is 0 Å². The van der Waals surface area contributed by atoms with Crippen molar-refractivity contribution in [3.05, 3.63) is 70.0 Å². The van der Waals surface area contributed by atoms with E-state index in [2.05, 4.69) is 5.32 Å². The van der Waals surface area contributed by atoms with Crippen LogP contribution in [0.4, 0.5) is 4.39 Å². The lowest BCUT2D eigenvalue weighted by Gasteiger charge is -2.08. The predicted molar refractivity (Wildman–Crippen MR) is 76.9 cm³/mol. The highest BCUT2D eigenvalue weighted by molar-refractivity contribution is 6.34. The van der Waals surface area contributed by atoms with E-state index in [1.165, 1.54) is 18.2 Å². The third-order valence-electron chi connectivity index (χ3n) is 2.91. The molecule has 5 heteroatoms. The highest BCUT2D eigenvalue weighted by Crippen LogP contribution is 2.19. The number of nitrogens with one attached hydrogen (secondary N) is 1. The molecule has 0 saturated heterocycles. The average molecular weight is 293 g/mol. The Labute approximate surface area is 121 Å². The molecule has 0 aromatic heterocycles. The lowest BCUT2D eigenvalue weighted by atomic mass is 10.1. The van der Waals surface area contributed by atoms with E-state index in [1.54, 1.807) is 0 Å². The van der Waals surface area contributed by atoms with Crippen molar-refractivity contribution in [3.63, 3.8) is 0 Å². The molecule has 0 aliphatic heterocycles. The SMILES string of the molecule is NCc1ccc(CNC(=O)c2cccc(F)c2Cl)cc1. The number of amides is 1. The third kappa shape index (κ3) is 3.35. The minimum Gasteiger partial charge on any atom is -0.348 e. The van der Waals surface area contributed by atoms with Gasteiger partial charge in [0.1, 0.15) is 5.82 Å². The molecule has 0 spiro atoms. The number of nitrogens with two attached hydrogens (primary N) is 1. The normalized spacial score (nSPS) is 10.3. The van der Waals surface area contributed by atoms with Crippen molar-refractivity contribution in [1.82, 2.24) is 5.32 Å². The summed E-state index contributed by atoms with van der Waals surface area (Å²) in [7, 11) is 0. The maximum atomic E-state index is 13.3. The van der Waals surface area contributed by atoms with Crippen molar-refractivity contribution in [2.45, 2.75) is 13.1 Å². The zero-order chi connectivity index (χ0) is 14.5. The second-order valence-corrected chi connectivity index (χ2v) is 4.68. The first-order valence-corrected chi connectivity index (χ1v) is 6.49. The van der Waals surface area contributed by atoms with Crippen molar-refractivity contribution < 1.29 is 9.18 Å². The van der Waals surface area contributed by atoms with Crippen LogP contribution in [0.2, 0.25) is 5.02 Å². The van der Waals surface area contributed by atoms with E-state index in [1.807, 2.05) is 24.3 Å². The first-order chi connectivity index (χ1) is 9.61. The Kier molecular flexibility index (Phi) is 4.71. The second kappa shape index (κ2) is 6.50. The molecule has 0 radical (unpaired) electrons. The summed E-state index contributed by atoms with van der Waals surface area (Å²) in [5.74, 6) is -1.01. The molecule has 104 valence electrons. The van der Waals surface area contributed by atoms with Gasteiger partial charge in [-0.15, -0.1) is 0 Å². The topological polar surface area (TPSA) is 55.1 Å². The number of hydrogen-bond acceptors (Lipinski definition) is 2. The minimum absolute atomic E-state index is 0.130. The quantitative estimate of drug-likeness (QED) is 0.910. The van der Waals surface area contributed by atoms with E-state index in [-0.39, 0.29) is 10.6 Å². The zero-order valence-corrected chi connectivity index (χ0v) is 11.5. The Morgan fingerprint density at radius 1 is 1.15 bits per heavy atom. The van der Waals surface area contributed by atoms with Gasteiger partial charge < -0.3 is 11.1 Å². The van der Waals surface area contributed by atoms with Crippen molar-refractivity contribution in [1.29, 1.82) is 0 Å². The largest absolute Gasteiger partial charge is 0.348 e. The first kappa shape index (κ1) is 14.5. The molecule has 0 fully saturated rings. The van der Waals surface area contributed by atoms with Gasteiger partial charge in [0.2, 0.25) is 0 Å². The Balaban J connectivity index is 2.02. The van der Waals surface area contributed by atoms with Crippen LogP contribution in [-0.2, 0) is 13.1 Å². The molecule has 2 aromatic rings. The van der Waals surface area contributed by atoms with Crippen molar-refractivity contribution >= 4 is 17.5 Å². The van der Waals surface area contributed by atoms with Crippen LogP contribution in [0, 0.1) is 5.82 Å². The molecule has 0 bridgehead atoms. The van der Waals surface area contributed by atoms with Gasteiger partial charge >= 0.3 is 0 Å². The first-order valence-electron chi connectivity index (χ1n) is 6.12. The maximum Gasteiger partial charge on any atom is 0.253 e. The summed E-state index contributed by atoms with van der Waals surface area (Å²) in [5, 5.41) is 2.54. The number of carbonyl (C=O) groups is 1. The molecule has 2 rings (SSSR count). The molecule has 0 aliphatic carbocycles. The highest BCUT2D eigenvalue weighted by Gasteiger charge is 2.12. The Morgan fingerprint density at radius 3 is 2.45 bits per heavy atom. The Morgan fingerprint density at radius 2 is 1.80 bits per heavy atom. The standard InChI is InChI=1S/C15H14ClFN2O/c16-14-12(2-1-3-13(14)17)15(20)19-9-11-6-4-10(8-18)5-7-11/h1-7H,8-9,18H2,(H,19,20). The van der Waals surface area contributed by atoms with Crippen molar-refractivity contribution in [2.75, 3.05) is 0 Å². The number of carbonyl (C=O) groups excluding carboxylic acids is 1. The summed E-state index contributed by atoms with van der Waals surface area (Å²) < 4.78 is 13.3. The summed E-state index contributed by atoms with van der Waals surface area (Å²) >= 11 is 5.76. The fourth-order valence-electron chi connectivity index (χ4n) is 1.75. The van der Waals surface area contributed by atoms with Gasteiger partial charge in [-0.25, -0.2) is 4.39 Å². The zero-order valence-electron chi connectivity index (χ0n) is 10.7. The van der Waals surface area contributed by atoms with Gasteiger partial charge in [0.15, 0.2) is 0 Å². The summed E-state index contributed by atoms with van der Waals surface area (Å²) in [6.07, 6.45) is 0. The van der Waals surface area contributed by atoms with E-state index in [0.29, 0.717) is 13.1 Å². The van der Waals surface area contributed by atoms with Gasteiger partial charge in [0.05, 0.1) is 10.6 Å². The fraction of sp³-hybridized carbons (Fsp3) is 0.133. The van der Waals surface area contributed by atoms with Gasteiger partial charge in [0.25, 0.3) is 5.91 Å².